The highest BCUT2D eigenvalue weighted by molar-refractivity contribution is 5.82. The Kier molecular flexibility index (Phi) is 5.46. The molecule has 0 saturated carbocycles. The molecule has 2 aliphatic rings. The fourth-order valence-corrected chi connectivity index (χ4v) is 3.47. The van der Waals surface area contributed by atoms with Gasteiger partial charge in [0, 0.05) is 32.7 Å². The minimum Gasteiger partial charge on any atom is -0.340 e. The molecule has 1 N–H and O–H groups in total. The minimum atomic E-state index is 0.0643. The average molecular weight is 301 g/mol. The van der Waals surface area contributed by atoms with Gasteiger partial charge in [-0.2, -0.15) is 0 Å². The number of hydrogen-bond acceptors (Lipinski definition) is 3. The Balaban J connectivity index is 1.52. The lowest BCUT2D eigenvalue weighted by atomic mass is 10.0. The topological polar surface area (TPSA) is 35.6 Å². The van der Waals surface area contributed by atoms with Crippen molar-refractivity contribution in [1.82, 2.24) is 15.1 Å². The third-order valence-corrected chi connectivity index (χ3v) is 4.76. The fourth-order valence-electron chi connectivity index (χ4n) is 3.47. The van der Waals surface area contributed by atoms with Gasteiger partial charge < -0.3 is 10.2 Å². The van der Waals surface area contributed by atoms with Crippen molar-refractivity contribution in [2.24, 2.45) is 0 Å². The summed E-state index contributed by atoms with van der Waals surface area (Å²) in [6.07, 6.45) is 4.46. The SMILES string of the molecule is O=C(C1CCCCN1)N1CCCN(Cc2ccccc2)CC1. The van der Waals surface area contributed by atoms with Crippen LogP contribution in [0.15, 0.2) is 30.3 Å². The molecule has 1 aromatic carbocycles. The van der Waals surface area contributed by atoms with Crippen LogP contribution in [0.4, 0.5) is 0 Å². The molecular formula is C18H27N3O. The molecule has 1 amide bonds. The standard InChI is InChI=1S/C18H27N3O/c22-18(17-9-4-5-10-19-17)21-12-6-11-20(13-14-21)15-16-7-2-1-3-8-16/h1-3,7-8,17,19H,4-6,9-15H2. The quantitative estimate of drug-likeness (QED) is 0.926. The predicted octanol–water partition coefficient (Wildman–Crippen LogP) is 1.86. The van der Waals surface area contributed by atoms with Crippen molar-refractivity contribution in [2.75, 3.05) is 32.7 Å². The van der Waals surface area contributed by atoms with Gasteiger partial charge in [0.15, 0.2) is 0 Å². The first kappa shape index (κ1) is 15.5. The van der Waals surface area contributed by atoms with Gasteiger partial charge in [-0.3, -0.25) is 9.69 Å². The minimum absolute atomic E-state index is 0.0643. The Morgan fingerprint density at radius 2 is 1.91 bits per heavy atom. The highest BCUT2D eigenvalue weighted by Gasteiger charge is 2.27. The molecule has 4 nitrogen and oxygen atoms in total. The molecule has 0 aromatic heterocycles. The second kappa shape index (κ2) is 7.75. The first-order valence-corrected chi connectivity index (χ1v) is 8.61. The third kappa shape index (κ3) is 4.08. The second-order valence-electron chi connectivity index (χ2n) is 6.44. The summed E-state index contributed by atoms with van der Waals surface area (Å²) >= 11 is 0. The maximum Gasteiger partial charge on any atom is 0.239 e. The molecule has 2 fully saturated rings. The van der Waals surface area contributed by atoms with Crippen LogP contribution in [0, 0.1) is 0 Å². The number of nitrogens with zero attached hydrogens (tertiary/aromatic N) is 2. The monoisotopic (exact) mass is 301 g/mol. The van der Waals surface area contributed by atoms with E-state index in [1.54, 1.807) is 0 Å². The summed E-state index contributed by atoms with van der Waals surface area (Å²) in [7, 11) is 0. The van der Waals surface area contributed by atoms with Gasteiger partial charge in [0.05, 0.1) is 6.04 Å². The van der Waals surface area contributed by atoms with Crippen LogP contribution in [0.5, 0.6) is 0 Å². The van der Waals surface area contributed by atoms with Gasteiger partial charge in [-0.25, -0.2) is 0 Å². The van der Waals surface area contributed by atoms with E-state index >= 15 is 0 Å². The number of benzene rings is 1. The summed E-state index contributed by atoms with van der Waals surface area (Å²) in [4.78, 5) is 17.2. The molecule has 4 heteroatoms. The zero-order valence-electron chi connectivity index (χ0n) is 13.3. The van der Waals surface area contributed by atoms with Gasteiger partial charge in [-0.05, 0) is 31.4 Å². The van der Waals surface area contributed by atoms with Crippen molar-refractivity contribution in [1.29, 1.82) is 0 Å². The van der Waals surface area contributed by atoms with E-state index in [1.807, 2.05) is 0 Å². The van der Waals surface area contributed by atoms with Crippen molar-refractivity contribution in [2.45, 2.75) is 38.3 Å². The molecule has 3 rings (SSSR count). The zero-order chi connectivity index (χ0) is 15.2. The van der Waals surface area contributed by atoms with Crippen molar-refractivity contribution in [3.63, 3.8) is 0 Å². The van der Waals surface area contributed by atoms with E-state index in [2.05, 4.69) is 45.4 Å². The first-order chi connectivity index (χ1) is 10.8. The normalized spacial score (nSPS) is 24.0. The van der Waals surface area contributed by atoms with Crippen LogP contribution >= 0.6 is 0 Å². The number of hydrogen-bond donors (Lipinski definition) is 1. The molecule has 22 heavy (non-hydrogen) atoms. The number of nitrogens with one attached hydrogen (secondary N) is 1. The maximum absolute atomic E-state index is 12.6. The zero-order valence-corrected chi connectivity index (χ0v) is 13.3. The molecule has 0 spiro atoms. The van der Waals surface area contributed by atoms with Crippen LogP contribution in [0.1, 0.15) is 31.2 Å². The van der Waals surface area contributed by atoms with Crippen LogP contribution in [0.2, 0.25) is 0 Å². The lowest BCUT2D eigenvalue weighted by Gasteiger charge is -2.29. The van der Waals surface area contributed by atoms with Crippen molar-refractivity contribution in [3.05, 3.63) is 35.9 Å². The van der Waals surface area contributed by atoms with E-state index in [1.165, 1.54) is 18.4 Å². The van der Waals surface area contributed by atoms with E-state index in [4.69, 9.17) is 0 Å². The third-order valence-electron chi connectivity index (χ3n) is 4.76. The summed E-state index contributed by atoms with van der Waals surface area (Å²) < 4.78 is 0. The van der Waals surface area contributed by atoms with Gasteiger partial charge in [0.2, 0.25) is 5.91 Å². The highest BCUT2D eigenvalue weighted by atomic mass is 16.2. The van der Waals surface area contributed by atoms with E-state index in [9.17, 15) is 4.79 Å². The van der Waals surface area contributed by atoms with Crippen LogP contribution in [0.3, 0.4) is 0 Å². The Bertz CT molecular complexity index is 470. The average Bonchev–Trinajstić information content (AvgIpc) is 2.82. The molecule has 120 valence electrons. The van der Waals surface area contributed by atoms with Crippen LogP contribution in [-0.4, -0.2) is 54.5 Å². The summed E-state index contributed by atoms with van der Waals surface area (Å²) in [5, 5.41) is 3.38. The largest absolute Gasteiger partial charge is 0.340 e. The molecule has 1 atom stereocenters. The van der Waals surface area contributed by atoms with Gasteiger partial charge in [-0.1, -0.05) is 36.8 Å². The van der Waals surface area contributed by atoms with Crippen molar-refractivity contribution >= 4 is 5.91 Å². The summed E-state index contributed by atoms with van der Waals surface area (Å²) in [5.74, 6) is 0.321. The summed E-state index contributed by atoms with van der Waals surface area (Å²) in [6.45, 7) is 5.81. The van der Waals surface area contributed by atoms with Gasteiger partial charge in [0.1, 0.15) is 0 Å². The Morgan fingerprint density at radius 1 is 1.05 bits per heavy atom. The Hall–Kier alpha value is -1.39. The van der Waals surface area contributed by atoms with Gasteiger partial charge >= 0.3 is 0 Å². The van der Waals surface area contributed by atoms with E-state index in [-0.39, 0.29) is 6.04 Å². The number of rotatable bonds is 3. The van der Waals surface area contributed by atoms with E-state index < -0.39 is 0 Å². The number of carbonyl (C=O) groups is 1. The molecule has 2 saturated heterocycles. The van der Waals surface area contributed by atoms with Crippen molar-refractivity contribution < 1.29 is 4.79 Å². The Morgan fingerprint density at radius 3 is 2.68 bits per heavy atom. The first-order valence-electron chi connectivity index (χ1n) is 8.61. The second-order valence-corrected chi connectivity index (χ2v) is 6.44. The predicted molar refractivity (Wildman–Crippen MR) is 88.6 cm³/mol. The van der Waals surface area contributed by atoms with E-state index in [0.717, 1.165) is 52.1 Å². The fraction of sp³-hybridized carbons (Fsp3) is 0.611. The van der Waals surface area contributed by atoms with Gasteiger partial charge in [-0.15, -0.1) is 0 Å². The highest BCUT2D eigenvalue weighted by Crippen LogP contribution is 2.13. The Labute approximate surface area is 133 Å². The van der Waals surface area contributed by atoms with Crippen molar-refractivity contribution in [3.8, 4) is 0 Å². The number of piperidine rings is 1. The molecule has 2 aliphatic heterocycles. The lowest BCUT2D eigenvalue weighted by Crippen LogP contribution is -2.49. The summed E-state index contributed by atoms with van der Waals surface area (Å²) in [6, 6.07) is 10.7. The molecule has 1 unspecified atom stereocenters. The maximum atomic E-state index is 12.6. The molecule has 1 aromatic rings. The number of amides is 1. The molecule has 2 heterocycles. The van der Waals surface area contributed by atoms with Gasteiger partial charge in [0.25, 0.3) is 0 Å². The molecule has 0 radical (unpaired) electrons. The number of carbonyl (C=O) groups excluding carboxylic acids is 1. The lowest BCUT2D eigenvalue weighted by molar-refractivity contribution is -0.133. The molecular weight excluding hydrogens is 274 g/mol. The smallest absolute Gasteiger partial charge is 0.239 e. The van der Waals surface area contributed by atoms with Crippen LogP contribution < -0.4 is 5.32 Å². The van der Waals surface area contributed by atoms with Crippen LogP contribution in [-0.2, 0) is 11.3 Å². The van der Waals surface area contributed by atoms with Crippen LogP contribution in [0.25, 0.3) is 0 Å². The molecule has 0 aliphatic carbocycles. The van der Waals surface area contributed by atoms with E-state index in [0.29, 0.717) is 5.91 Å². The molecule has 0 bridgehead atoms. The summed E-state index contributed by atoms with van der Waals surface area (Å²) in [5.41, 5.74) is 1.36.